The molecule has 3 aromatic heterocycles. The zero-order valence-corrected chi connectivity index (χ0v) is 33.3. The molecule has 25 heteroatoms. The van der Waals surface area contributed by atoms with Crippen molar-refractivity contribution in [2.24, 2.45) is 7.05 Å². The number of hydrogen-bond donors (Lipinski definition) is 1. The van der Waals surface area contributed by atoms with Crippen LogP contribution in [-0.2, 0) is 33.0 Å². The Kier molecular flexibility index (Phi) is 11.9. The average molecular weight is 900 g/mol. The molecule has 1 atom stereocenters. The number of carbonyl (C=O) groups excluding carboxylic acids is 2. The molecule has 2 amide bonds. The Bertz CT molecular complexity index is 2680. The van der Waals surface area contributed by atoms with E-state index in [1.807, 2.05) is 0 Å². The summed E-state index contributed by atoms with van der Waals surface area (Å²) >= 11 is 6.55. The minimum absolute atomic E-state index is 0.148. The van der Waals surface area contributed by atoms with Crippen LogP contribution < -0.4 is 19.9 Å². The highest BCUT2D eigenvalue weighted by Crippen LogP contribution is 2.46. The fourth-order valence-corrected chi connectivity index (χ4v) is 7.04. The molecule has 0 saturated heterocycles. The number of rotatable bonds is 11. The summed E-state index contributed by atoms with van der Waals surface area (Å²) in [4.78, 5) is 48.7. The topological polar surface area (TPSA) is 168 Å². The fourth-order valence-electron chi connectivity index (χ4n) is 5.90. The Labute approximate surface area is 337 Å². The van der Waals surface area contributed by atoms with E-state index in [4.69, 9.17) is 16.3 Å². The SMILES string of the molecule is CC(=O)N(c1nn(C)c2c(-n3c([C@H](Cc4cc(F)cc(F)c4)NC(=O)OC(C)(C)C)nc4nc(OCC(F)(F)C(F)(F)C(F)(F)F)ccc4c3=O)ccc(Cl)c12)S(C)(=O)=O. The summed E-state index contributed by atoms with van der Waals surface area (Å²) in [6, 6.07) is 4.51. The van der Waals surface area contributed by atoms with Crippen molar-refractivity contribution >= 4 is 61.4 Å². The van der Waals surface area contributed by atoms with Gasteiger partial charge in [0.15, 0.2) is 18.1 Å². The summed E-state index contributed by atoms with van der Waals surface area (Å²) < 4.78 is 161. The second-order valence-corrected chi connectivity index (χ2v) is 16.4. The van der Waals surface area contributed by atoms with E-state index in [1.165, 1.54) is 40.0 Å². The minimum atomic E-state index is -6.67. The molecule has 324 valence electrons. The average Bonchev–Trinajstić information content (AvgIpc) is 3.41. The molecule has 0 spiro atoms. The fraction of sp³-hybridized carbons (Fsp3) is 0.371. The molecule has 5 rings (SSSR count). The van der Waals surface area contributed by atoms with Crippen LogP contribution in [0.4, 0.5) is 50.1 Å². The zero-order chi connectivity index (χ0) is 45.1. The van der Waals surface area contributed by atoms with Gasteiger partial charge in [-0.15, -0.1) is 0 Å². The van der Waals surface area contributed by atoms with E-state index in [-0.39, 0.29) is 27.2 Å². The number of aromatic nitrogens is 5. The Hall–Kier alpha value is -5.65. The molecule has 0 aliphatic rings. The van der Waals surface area contributed by atoms with Crippen LogP contribution in [0.2, 0.25) is 5.02 Å². The number of nitrogens with one attached hydrogen (secondary N) is 1. The Morgan fingerprint density at radius 1 is 0.967 bits per heavy atom. The van der Waals surface area contributed by atoms with E-state index < -0.39 is 110 Å². The van der Waals surface area contributed by atoms with Crippen molar-refractivity contribution in [1.82, 2.24) is 29.6 Å². The van der Waals surface area contributed by atoms with Gasteiger partial charge in [0, 0.05) is 32.5 Å². The Morgan fingerprint density at radius 3 is 2.13 bits per heavy atom. The summed E-state index contributed by atoms with van der Waals surface area (Å²) in [7, 11) is -3.09. The van der Waals surface area contributed by atoms with Gasteiger partial charge < -0.3 is 14.8 Å². The van der Waals surface area contributed by atoms with Crippen LogP contribution >= 0.6 is 11.6 Å². The van der Waals surface area contributed by atoms with Gasteiger partial charge >= 0.3 is 24.1 Å². The van der Waals surface area contributed by atoms with E-state index in [1.54, 1.807) is 0 Å². The van der Waals surface area contributed by atoms with Gasteiger partial charge in [-0.3, -0.25) is 18.8 Å². The maximum Gasteiger partial charge on any atom is 0.460 e. The molecule has 3 heterocycles. The number of anilines is 1. The van der Waals surface area contributed by atoms with Crippen molar-refractivity contribution in [1.29, 1.82) is 0 Å². The lowest BCUT2D eigenvalue weighted by Crippen LogP contribution is -2.54. The molecule has 5 aromatic rings. The predicted molar refractivity (Wildman–Crippen MR) is 196 cm³/mol. The number of ether oxygens (including phenoxy) is 2. The molecule has 0 aliphatic heterocycles. The maximum absolute atomic E-state index is 14.7. The summed E-state index contributed by atoms with van der Waals surface area (Å²) in [5, 5.41) is 5.73. The van der Waals surface area contributed by atoms with Gasteiger partial charge in [0.2, 0.25) is 21.8 Å². The first-order chi connectivity index (χ1) is 27.4. The maximum atomic E-state index is 14.7. The van der Waals surface area contributed by atoms with E-state index >= 15 is 0 Å². The first-order valence-electron chi connectivity index (χ1n) is 16.9. The van der Waals surface area contributed by atoms with Crippen LogP contribution in [0.25, 0.3) is 27.6 Å². The van der Waals surface area contributed by atoms with Gasteiger partial charge in [-0.2, -0.15) is 45.1 Å². The summed E-state index contributed by atoms with van der Waals surface area (Å²) in [6.07, 6.45) is -7.74. The molecule has 2 aromatic carbocycles. The molecule has 0 aliphatic carbocycles. The Morgan fingerprint density at radius 2 is 1.58 bits per heavy atom. The highest BCUT2D eigenvalue weighted by Gasteiger charge is 2.73. The van der Waals surface area contributed by atoms with Crippen LogP contribution in [0.15, 0.2) is 47.3 Å². The molecule has 0 unspecified atom stereocenters. The number of pyridine rings is 1. The van der Waals surface area contributed by atoms with Crippen molar-refractivity contribution in [3.8, 4) is 11.6 Å². The predicted octanol–water partition coefficient (Wildman–Crippen LogP) is 6.93. The number of fused-ring (bicyclic) bond motifs is 2. The van der Waals surface area contributed by atoms with Crippen LogP contribution in [0.1, 0.15) is 45.1 Å². The lowest BCUT2D eigenvalue weighted by Gasteiger charge is -2.27. The first kappa shape index (κ1) is 45.4. The second-order valence-electron chi connectivity index (χ2n) is 14.2. The lowest BCUT2D eigenvalue weighted by atomic mass is 10.0. The quantitative estimate of drug-likeness (QED) is 0.137. The van der Waals surface area contributed by atoms with Crippen molar-refractivity contribution in [2.75, 3.05) is 17.2 Å². The van der Waals surface area contributed by atoms with Crippen molar-refractivity contribution in [3.63, 3.8) is 0 Å². The number of nitrogens with zero attached hydrogens (tertiary/aromatic N) is 6. The van der Waals surface area contributed by atoms with Gasteiger partial charge in [0.05, 0.1) is 39.3 Å². The van der Waals surface area contributed by atoms with E-state index in [0.29, 0.717) is 22.7 Å². The lowest BCUT2D eigenvalue weighted by molar-refractivity contribution is -0.358. The van der Waals surface area contributed by atoms with Crippen LogP contribution in [0.3, 0.4) is 0 Å². The smallest absolute Gasteiger partial charge is 0.460 e. The number of alkyl halides is 7. The highest BCUT2D eigenvalue weighted by atomic mass is 35.5. The number of carbonyl (C=O) groups is 2. The van der Waals surface area contributed by atoms with Crippen LogP contribution in [0, 0.1) is 11.6 Å². The van der Waals surface area contributed by atoms with Gasteiger partial charge in [0.1, 0.15) is 23.1 Å². The van der Waals surface area contributed by atoms with Gasteiger partial charge in [0.25, 0.3) is 5.56 Å². The number of hydrogen-bond acceptors (Lipinski definition) is 10. The van der Waals surface area contributed by atoms with E-state index in [0.717, 1.165) is 34.4 Å². The Balaban J connectivity index is 1.84. The van der Waals surface area contributed by atoms with Crippen molar-refractivity contribution < 1.29 is 67.0 Å². The third-order valence-corrected chi connectivity index (χ3v) is 9.67. The molecule has 0 fully saturated rings. The summed E-state index contributed by atoms with van der Waals surface area (Å²) in [5.74, 6) is -17.6. The van der Waals surface area contributed by atoms with Gasteiger partial charge in [-0.05, 0) is 56.7 Å². The monoisotopic (exact) mass is 899 g/mol. The first-order valence-corrected chi connectivity index (χ1v) is 19.2. The number of alkyl carbamates (subject to hydrolysis) is 1. The number of sulfonamides is 1. The van der Waals surface area contributed by atoms with Gasteiger partial charge in [-0.1, -0.05) is 11.6 Å². The third-order valence-electron chi connectivity index (χ3n) is 8.26. The van der Waals surface area contributed by atoms with E-state index in [9.17, 15) is 62.3 Å². The van der Waals surface area contributed by atoms with Crippen LogP contribution in [-0.4, -0.2) is 81.2 Å². The highest BCUT2D eigenvalue weighted by molar-refractivity contribution is 7.92. The largest absolute Gasteiger partial charge is 0.471 e. The molecule has 60 heavy (non-hydrogen) atoms. The summed E-state index contributed by atoms with van der Waals surface area (Å²) in [5.41, 5.74) is -3.55. The van der Waals surface area contributed by atoms with E-state index in [2.05, 4.69) is 25.1 Å². The molecule has 14 nitrogen and oxygen atoms in total. The molecule has 1 N–H and O–H groups in total. The number of aryl methyl sites for hydroxylation is 1. The molecule has 0 bridgehead atoms. The summed E-state index contributed by atoms with van der Waals surface area (Å²) in [6.45, 7) is 2.83. The van der Waals surface area contributed by atoms with Gasteiger partial charge in [-0.25, -0.2) is 27.0 Å². The standard InChI is InChI=1S/C35H31ClF9N7O7S/c1-16(53)52(60(6,56)57)29-25-21(36)8-9-23(26(25)50(5)49-29)51-28(22(46-31(55)59-32(2,3)4)13-17-11-18(37)14-19(38)12-17)48-27-20(30(51)54)7-10-24(47-27)58-15-33(39,40)34(41,42)35(43,44)45/h7-12,14,22H,13,15H2,1-6H3,(H,46,55)/t22-/m0/s1. The third kappa shape index (κ3) is 9.07. The zero-order valence-electron chi connectivity index (χ0n) is 31.8. The number of amides is 2. The van der Waals surface area contributed by atoms with Crippen molar-refractivity contribution in [2.45, 2.75) is 63.8 Å². The number of halogens is 10. The second kappa shape index (κ2) is 15.7. The molecular formula is C35H31ClF9N7O7S. The molecule has 0 saturated carbocycles. The normalized spacial score (nSPS) is 13.4. The molecule has 0 radical (unpaired) electrons. The molecular weight excluding hydrogens is 869 g/mol. The minimum Gasteiger partial charge on any atom is -0.471 e. The van der Waals surface area contributed by atoms with Crippen LogP contribution in [0.5, 0.6) is 5.88 Å². The number of benzene rings is 2. The van der Waals surface area contributed by atoms with Crippen molar-refractivity contribution in [3.05, 3.63) is 80.9 Å².